The minimum atomic E-state index is 0.231. The van der Waals surface area contributed by atoms with Crippen molar-refractivity contribution in [2.75, 3.05) is 19.6 Å². The number of amidine groups is 1. The molecule has 0 amide bonds. The lowest BCUT2D eigenvalue weighted by atomic mass is 10.3. The highest BCUT2D eigenvalue weighted by atomic mass is 15.2. The molecule has 18 heavy (non-hydrogen) atoms. The van der Waals surface area contributed by atoms with Crippen LogP contribution in [0.3, 0.4) is 0 Å². The van der Waals surface area contributed by atoms with Crippen molar-refractivity contribution in [1.82, 2.24) is 10.2 Å². The normalized spacial score (nSPS) is 24.8. The number of likely N-dealkylation sites (tertiary alicyclic amines) is 1. The Balaban J connectivity index is 1.92. The van der Waals surface area contributed by atoms with Crippen molar-refractivity contribution in [3.63, 3.8) is 0 Å². The van der Waals surface area contributed by atoms with Gasteiger partial charge in [0.25, 0.3) is 0 Å². The van der Waals surface area contributed by atoms with Crippen molar-refractivity contribution in [3.05, 3.63) is 24.7 Å². The fourth-order valence-electron chi connectivity index (χ4n) is 2.06. The highest BCUT2D eigenvalue weighted by molar-refractivity contribution is 5.93. The lowest BCUT2D eigenvalue weighted by Gasteiger charge is -2.18. The van der Waals surface area contributed by atoms with Crippen molar-refractivity contribution >= 4 is 5.84 Å². The van der Waals surface area contributed by atoms with E-state index in [4.69, 9.17) is 11.5 Å². The first-order valence-electron chi connectivity index (χ1n) is 6.59. The molecule has 5 heteroatoms. The van der Waals surface area contributed by atoms with E-state index in [1.807, 2.05) is 6.08 Å². The molecule has 1 saturated carbocycles. The molecule has 1 aliphatic carbocycles. The number of nitrogens with two attached hydrogens (primary N) is 2. The zero-order valence-corrected chi connectivity index (χ0v) is 10.8. The van der Waals surface area contributed by atoms with Gasteiger partial charge in [0.1, 0.15) is 11.7 Å². The van der Waals surface area contributed by atoms with E-state index >= 15 is 0 Å². The number of aliphatic imine (C=N–C) groups is 1. The van der Waals surface area contributed by atoms with Gasteiger partial charge in [-0.1, -0.05) is 6.58 Å². The van der Waals surface area contributed by atoms with Crippen molar-refractivity contribution in [2.24, 2.45) is 22.4 Å². The smallest absolute Gasteiger partial charge is 0.132 e. The summed E-state index contributed by atoms with van der Waals surface area (Å²) in [6, 6.07) is 0.231. The van der Waals surface area contributed by atoms with Crippen LogP contribution in [-0.4, -0.2) is 36.4 Å². The van der Waals surface area contributed by atoms with Crippen LogP contribution in [0.1, 0.15) is 19.3 Å². The van der Waals surface area contributed by atoms with Gasteiger partial charge in [-0.05, 0) is 37.5 Å². The van der Waals surface area contributed by atoms with Gasteiger partial charge >= 0.3 is 0 Å². The topological polar surface area (TPSA) is 79.7 Å². The standard InChI is InChI=1S/C13H23N5/c1-10(16-8-11-2-3-11)17-13(4-6-14)18-7-5-12(15)9-18/h4,6,11-12,16H,1-3,5,7-9,14-15H2/b6-4-,17-13?/t12-/m0/s1. The molecular formula is C13H23N5. The fourth-order valence-corrected chi connectivity index (χ4v) is 2.06. The second-order valence-electron chi connectivity index (χ2n) is 5.09. The molecular weight excluding hydrogens is 226 g/mol. The van der Waals surface area contributed by atoms with Crippen LogP contribution in [0.4, 0.5) is 0 Å². The summed E-state index contributed by atoms with van der Waals surface area (Å²) >= 11 is 0. The van der Waals surface area contributed by atoms with Crippen LogP contribution < -0.4 is 16.8 Å². The fraction of sp³-hybridized carbons (Fsp3) is 0.615. The summed E-state index contributed by atoms with van der Waals surface area (Å²) in [5.41, 5.74) is 11.4. The number of hydrogen-bond donors (Lipinski definition) is 3. The first-order valence-corrected chi connectivity index (χ1v) is 6.59. The van der Waals surface area contributed by atoms with Gasteiger partial charge in [0.15, 0.2) is 0 Å². The summed E-state index contributed by atoms with van der Waals surface area (Å²) in [6.07, 6.45) is 6.96. The van der Waals surface area contributed by atoms with Crippen LogP contribution in [0.15, 0.2) is 29.7 Å². The molecule has 0 radical (unpaired) electrons. The van der Waals surface area contributed by atoms with Crippen molar-refractivity contribution < 1.29 is 0 Å². The maximum atomic E-state index is 5.91. The predicted octanol–water partition coefficient (Wildman–Crippen LogP) is 0.361. The van der Waals surface area contributed by atoms with Gasteiger partial charge in [0.2, 0.25) is 0 Å². The first kappa shape index (κ1) is 13.0. The molecule has 5 N–H and O–H groups in total. The molecule has 0 aromatic carbocycles. The first-order chi connectivity index (χ1) is 8.69. The van der Waals surface area contributed by atoms with Crippen molar-refractivity contribution in [2.45, 2.75) is 25.3 Å². The van der Waals surface area contributed by atoms with Crippen LogP contribution in [-0.2, 0) is 0 Å². The Morgan fingerprint density at radius 2 is 2.22 bits per heavy atom. The number of nitrogens with one attached hydrogen (secondary N) is 1. The molecule has 1 atom stereocenters. The molecule has 2 rings (SSSR count). The van der Waals surface area contributed by atoms with Crippen LogP contribution in [0.25, 0.3) is 0 Å². The van der Waals surface area contributed by atoms with E-state index in [1.165, 1.54) is 19.0 Å². The minimum Gasteiger partial charge on any atom is -0.404 e. The number of rotatable bonds is 5. The van der Waals surface area contributed by atoms with E-state index in [9.17, 15) is 0 Å². The highest BCUT2D eigenvalue weighted by Gasteiger charge is 2.22. The van der Waals surface area contributed by atoms with Gasteiger partial charge in [-0.2, -0.15) is 0 Å². The van der Waals surface area contributed by atoms with E-state index in [1.54, 1.807) is 0 Å². The number of nitrogens with zero attached hydrogens (tertiary/aromatic N) is 2. The average Bonchev–Trinajstić information content (AvgIpc) is 3.07. The average molecular weight is 249 g/mol. The summed E-state index contributed by atoms with van der Waals surface area (Å²) in [5, 5.41) is 3.25. The van der Waals surface area contributed by atoms with Crippen LogP contribution in [0.5, 0.6) is 0 Å². The van der Waals surface area contributed by atoms with Crippen molar-refractivity contribution in [1.29, 1.82) is 0 Å². The second-order valence-corrected chi connectivity index (χ2v) is 5.09. The third kappa shape index (κ3) is 3.77. The maximum Gasteiger partial charge on any atom is 0.132 e. The quantitative estimate of drug-likeness (QED) is 0.485. The Morgan fingerprint density at radius 3 is 2.78 bits per heavy atom. The molecule has 0 unspecified atom stereocenters. The lowest BCUT2D eigenvalue weighted by Crippen LogP contribution is -2.31. The molecule has 1 heterocycles. The molecule has 0 aromatic rings. The van der Waals surface area contributed by atoms with E-state index in [0.717, 1.165) is 37.8 Å². The molecule has 2 aliphatic rings. The van der Waals surface area contributed by atoms with Crippen LogP contribution in [0, 0.1) is 5.92 Å². The number of hydrogen-bond acceptors (Lipinski definition) is 4. The van der Waals surface area contributed by atoms with Crippen molar-refractivity contribution in [3.8, 4) is 0 Å². The van der Waals surface area contributed by atoms with Crippen LogP contribution >= 0.6 is 0 Å². The lowest BCUT2D eigenvalue weighted by molar-refractivity contribution is 0.510. The van der Waals surface area contributed by atoms with E-state index in [2.05, 4.69) is 21.8 Å². The van der Waals surface area contributed by atoms with Gasteiger partial charge in [-0.15, -0.1) is 0 Å². The highest BCUT2D eigenvalue weighted by Crippen LogP contribution is 2.27. The Labute approximate surface area is 109 Å². The molecule has 1 aliphatic heterocycles. The summed E-state index contributed by atoms with van der Waals surface area (Å²) in [7, 11) is 0. The second kappa shape index (κ2) is 5.91. The summed E-state index contributed by atoms with van der Waals surface area (Å²) < 4.78 is 0. The van der Waals surface area contributed by atoms with E-state index in [-0.39, 0.29) is 6.04 Å². The van der Waals surface area contributed by atoms with Gasteiger partial charge in [-0.25, -0.2) is 4.99 Å². The minimum absolute atomic E-state index is 0.231. The molecule has 2 fully saturated rings. The Morgan fingerprint density at radius 1 is 1.44 bits per heavy atom. The Hall–Kier alpha value is -1.49. The van der Waals surface area contributed by atoms with Gasteiger partial charge in [0, 0.05) is 25.7 Å². The SMILES string of the molecule is C=C(N=C(/C=C\N)N1CC[C@H](N)C1)NCC1CC1. The summed E-state index contributed by atoms with van der Waals surface area (Å²) in [6.45, 7) is 6.67. The predicted molar refractivity (Wildman–Crippen MR) is 74.8 cm³/mol. The third-order valence-electron chi connectivity index (χ3n) is 3.34. The Bertz CT molecular complexity index is 356. The van der Waals surface area contributed by atoms with Gasteiger partial charge in [-0.3, -0.25) is 0 Å². The molecule has 0 aromatic heterocycles. The summed E-state index contributed by atoms with van der Waals surface area (Å²) in [4.78, 5) is 6.65. The molecule has 1 saturated heterocycles. The largest absolute Gasteiger partial charge is 0.404 e. The Kier molecular flexibility index (Phi) is 4.25. The summed E-state index contributed by atoms with van der Waals surface area (Å²) in [5.74, 6) is 2.36. The van der Waals surface area contributed by atoms with Gasteiger partial charge in [0.05, 0.1) is 0 Å². The maximum absolute atomic E-state index is 5.91. The zero-order chi connectivity index (χ0) is 13.0. The van der Waals surface area contributed by atoms with E-state index in [0.29, 0.717) is 5.82 Å². The third-order valence-corrected chi connectivity index (χ3v) is 3.34. The van der Waals surface area contributed by atoms with Crippen LogP contribution in [0.2, 0.25) is 0 Å². The monoisotopic (exact) mass is 249 g/mol. The van der Waals surface area contributed by atoms with E-state index < -0.39 is 0 Å². The molecule has 0 bridgehead atoms. The zero-order valence-electron chi connectivity index (χ0n) is 10.8. The van der Waals surface area contributed by atoms with Gasteiger partial charge < -0.3 is 21.7 Å². The molecule has 0 spiro atoms. The molecule has 100 valence electrons. The molecule has 5 nitrogen and oxygen atoms in total.